The van der Waals surface area contributed by atoms with Crippen molar-refractivity contribution in [2.75, 3.05) is 6.16 Å². The maximum atomic E-state index is 9.73. The highest BCUT2D eigenvalue weighted by molar-refractivity contribution is 7.73. The molecular weight excluding hydrogens is 106 g/mol. The second kappa shape index (κ2) is 2.62. The normalized spacial score (nSPS) is 11.2. The van der Waals surface area contributed by atoms with Gasteiger partial charge < -0.3 is 0 Å². The molecule has 0 saturated heterocycles. The summed E-state index contributed by atoms with van der Waals surface area (Å²) in [6.45, 7) is 1.78. The van der Waals surface area contributed by atoms with Gasteiger partial charge >= 0.3 is 7.15 Å². The average Bonchev–Trinajstić information content (AvgIpc) is 1.38. The van der Waals surface area contributed by atoms with E-state index in [4.69, 9.17) is 11.2 Å². The van der Waals surface area contributed by atoms with E-state index < -0.39 is 7.15 Å². The molecule has 0 aromatic heterocycles. The topological polar surface area (TPSA) is 17.1 Å². The van der Waals surface area contributed by atoms with E-state index in [1.54, 1.807) is 6.92 Å². The minimum absolute atomic E-state index is 0.580. The molecule has 1 nitrogen and oxygen atoms in total. The minimum atomic E-state index is -1.38. The Hall–Kier alpha value is 0.390. The number of rotatable bonds is 1. The van der Waals surface area contributed by atoms with Gasteiger partial charge in [0, 0.05) is 0 Å². The third-order valence-corrected chi connectivity index (χ3v) is 1.46. The molecular formula is C2H5ClOP+. The first kappa shape index (κ1) is 5.39. The smallest absolute Gasteiger partial charge is 0.0518 e. The largest absolute Gasteiger partial charge is 0.454 e. The molecule has 0 bridgehead atoms. The Morgan fingerprint density at radius 2 is 2.20 bits per heavy atom. The van der Waals surface area contributed by atoms with Gasteiger partial charge in [-0.05, 0) is 6.92 Å². The second-order valence-electron chi connectivity index (χ2n) is 0.634. The van der Waals surface area contributed by atoms with Gasteiger partial charge in [-0.1, -0.05) is 4.57 Å². The highest BCUT2D eigenvalue weighted by Gasteiger charge is 2.00. The molecule has 30 valence electrons. The Labute approximate surface area is 36.9 Å². The summed E-state index contributed by atoms with van der Waals surface area (Å²) in [6.07, 6.45) is 0.580. The van der Waals surface area contributed by atoms with Crippen molar-refractivity contribution in [3.8, 4) is 0 Å². The van der Waals surface area contributed by atoms with Crippen molar-refractivity contribution in [3.05, 3.63) is 0 Å². The van der Waals surface area contributed by atoms with Gasteiger partial charge in [-0.15, -0.1) is 0 Å². The van der Waals surface area contributed by atoms with Crippen molar-refractivity contribution in [2.45, 2.75) is 6.92 Å². The third kappa shape index (κ3) is 4.39. The molecule has 5 heavy (non-hydrogen) atoms. The quantitative estimate of drug-likeness (QED) is 0.473. The Bertz CT molecular complexity index is 44.9. The molecule has 1 unspecified atom stereocenters. The van der Waals surface area contributed by atoms with Crippen LogP contribution in [0, 0.1) is 0 Å². The molecule has 3 heteroatoms. The summed E-state index contributed by atoms with van der Waals surface area (Å²) in [7, 11) is -1.38. The lowest BCUT2D eigenvalue weighted by Crippen LogP contribution is -1.48. The van der Waals surface area contributed by atoms with E-state index in [1.807, 2.05) is 0 Å². The Morgan fingerprint density at radius 1 is 2.00 bits per heavy atom. The Balaban J connectivity index is 2.85. The van der Waals surface area contributed by atoms with Crippen LogP contribution in [-0.2, 0) is 4.57 Å². The molecule has 0 radical (unpaired) electrons. The Morgan fingerprint density at radius 3 is 2.20 bits per heavy atom. The predicted octanol–water partition coefficient (Wildman–Crippen LogP) is 1.99. The molecule has 0 aromatic rings. The molecule has 0 aromatic carbocycles. The molecule has 0 saturated carbocycles. The van der Waals surface area contributed by atoms with Gasteiger partial charge in [0.05, 0.1) is 0 Å². The maximum absolute atomic E-state index is 9.73. The zero-order valence-electron chi connectivity index (χ0n) is 2.94. The van der Waals surface area contributed by atoms with E-state index in [1.165, 1.54) is 0 Å². The van der Waals surface area contributed by atoms with E-state index in [0.29, 0.717) is 6.16 Å². The van der Waals surface area contributed by atoms with Crippen molar-refractivity contribution in [2.24, 2.45) is 0 Å². The first-order valence-corrected chi connectivity index (χ1v) is 3.72. The summed E-state index contributed by atoms with van der Waals surface area (Å²) in [5.74, 6) is 0. The summed E-state index contributed by atoms with van der Waals surface area (Å²) >= 11 is 4.97. The predicted molar refractivity (Wildman–Crippen MR) is 24.0 cm³/mol. The summed E-state index contributed by atoms with van der Waals surface area (Å²) < 4.78 is 9.73. The van der Waals surface area contributed by atoms with Crippen LogP contribution >= 0.6 is 18.4 Å². The lowest BCUT2D eigenvalue weighted by atomic mass is 11.0. The SMILES string of the molecule is CC[P+](=O)Cl. The monoisotopic (exact) mass is 111 g/mol. The minimum Gasteiger partial charge on any atom is -0.0518 e. The van der Waals surface area contributed by atoms with E-state index in [2.05, 4.69) is 0 Å². The number of hydrogen-bond donors (Lipinski definition) is 0. The van der Waals surface area contributed by atoms with Gasteiger partial charge in [0.2, 0.25) is 11.2 Å². The molecule has 0 heterocycles. The summed E-state index contributed by atoms with van der Waals surface area (Å²) in [6, 6.07) is 0. The van der Waals surface area contributed by atoms with Gasteiger partial charge in [-0.25, -0.2) is 0 Å². The average molecular weight is 111 g/mol. The van der Waals surface area contributed by atoms with Crippen molar-refractivity contribution in [3.63, 3.8) is 0 Å². The number of halogens is 1. The van der Waals surface area contributed by atoms with E-state index in [-0.39, 0.29) is 0 Å². The van der Waals surface area contributed by atoms with E-state index in [0.717, 1.165) is 0 Å². The first-order valence-electron chi connectivity index (χ1n) is 1.37. The standard InChI is InChI=1S/C2H5ClOP/c1-2-5(3)4/h2H2,1H3/q+1. The van der Waals surface area contributed by atoms with Crippen LogP contribution in [0.4, 0.5) is 0 Å². The molecule has 0 spiro atoms. The lowest BCUT2D eigenvalue weighted by molar-refractivity contribution is 0.596. The molecule has 0 fully saturated rings. The van der Waals surface area contributed by atoms with Crippen LogP contribution < -0.4 is 0 Å². The third-order valence-electron chi connectivity index (χ3n) is 0.249. The molecule has 0 aliphatic heterocycles. The van der Waals surface area contributed by atoms with Crippen LogP contribution in [-0.4, -0.2) is 6.16 Å². The summed E-state index contributed by atoms with van der Waals surface area (Å²) in [5, 5.41) is 0. The molecule has 0 amide bonds. The van der Waals surface area contributed by atoms with E-state index in [9.17, 15) is 4.57 Å². The Kier molecular flexibility index (Phi) is 2.82. The fourth-order valence-electron chi connectivity index (χ4n) is 0. The fraction of sp³-hybridized carbons (Fsp3) is 1.00. The van der Waals surface area contributed by atoms with Gasteiger partial charge in [0.1, 0.15) is 0 Å². The fourth-order valence-corrected chi connectivity index (χ4v) is 0. The molecule has 1 atom stereocenters. The highest BCUT2D eigenvalue weighted by Crippen LogP contribution is 2.23. The van der Waals surface area contributed by atoms with Crippen LogP contribution in [0.3, 0.4) is 0 Å². The van der Waals surface area contributed by atoms with Crippen LogP contribution in [0.1, 0.15) is 6.92 Å². The zero-order valence-corrected chi connectivity index (χ0v) is 4.59. The highest BCUT2D eigenvalue weighted by atomic mass is 35.7. The van der Waals surface area contributed by atoms with Crippen molar-refractivity contribution >= 4 is 18.4 Å². The lowest BCUT2D eigenvalue weighted by Gasteiger charge is -1.50. The van der Waals surface area contributed by atoms with Crippen molar-refractivity contribution in [1.82, 2.24) is 0 Å². The van der Waals surface area contributed by atoms with Gasteiger partial charge in [0.15, 0.2) is 6.16 Å². The second-order valence-corrected chi connectivity index (χ2v) is 3.03. The van der Waals surface area contributed by atoms with E-state index >= 15 is 0 Å². The van der Waals surface area contributed by atoms with Gasteiger partial charge in [-0.3, -0.25) is 0 Å². The number of hydrogen-bond acceptors (Lipinski definition) is 1. The van der Waals surface area contributed by atoms with Crippen molar-refractivity contribution in [1.29, 1.82) is 0 Å². The van der Waals surface area contributed by atoms with Crippen LogP contribution in [0.2, 0.25) is 0 Å². The maximum Gasteiger partial charge on any atom is 0.454 e. The molecule has 0 aliphatic rings. The van der Waals surface area contributed by atoms with Crippen LogP contribution in [0.15, 0.2) is 0 Å². The summed E-state index contributed by atoms with van der Waals surface area (Å²) in [5.41, 5.74) is 0. The first-order chi connectivity index (χ1) is 2.27. The van der Waals surface area contributed by atoms with Gasteiger partial charge in [0.25, 0.3) is 0 Å². The van der Waals surface area contributed by atoms with Crippen LogP contribution in [0.5, 0.6) is 0 Å². The molecule has 0 aliphatic carbocycles. The van der Waals surface area contributed by atoms with Crippen LogP contribution in [0.25, 0.3) is 0 Å². The summed E-state index contributed by atoms with van der Waals surface area (Å²) in [4.78, 5) is 0. The zero-order chi connectivity index (χ0) is 4.28. The van der Waals surface area contributed by atoms with Gasteiger partial charge in [-0.2, -0.15) is 0 Å². The van der Waals surface area contributed by atoms with Crippen molar-refractivity contribution < 1.29 is 4.57 Å². The molecule has 0 N–H and O–H groups in total. The molecule has 0 rings (SSSR count).